The first-order chi connectivity index (χ1) is 11.6. The molecule has 2 aromatic heterocycles. The van der Waals surface area contributed by atoms with Gasteiger partial charge in [0, 0.05) is 13.1 Å². The molecule has 5 nitrogen and oxygen atoms in total. The van der Waals surface area contributed by atoms with Crippen LogP contribution < -0.4 is 4.90 Å². The maximum atomic E-state index is 4.60. The minimum absolute atomic E-state index is 0.707. The van der Waals surface area contributed by atoms with E-state index < -0.39 is 0 Å². The van der Waals surface area contributed by atoms with Crippen LogP contribution in [0, 0.1) is 19.8 Å². The molecule has 124 valence electrons. The molecule has 0 N–H and O–H groups in total. The van der Waals surface area contributed by atoms with E-state index in [1.807, 2.05) is 10.9 Å². The normalized spacial score (nSPS) is 18.3. The Kier molecular flexibility index (Phi) is 3.71. The van der Waals surface area contributed by atoms with Crippen LogP contribution in [0.1, 0.15) is 30.9 Å². The van der Waals surface area contributed by atoms with E-state index in [1.165, 1.54) is 24.0 Å². The van der Waals surface area contributed by atoms with Gasteiger partial charge < -0.3 is 4.90 Å². The lowest BCUT2D eigenvalue weighted by Crippen LogP contribution is -2.34. The average Bonchev–Trinajstić information content (AvgIpc) is 3.01. The van der Waals surface area contributed by atoms with Crippen molar-refractivity contribution in [1.82, 2.24) is 19.7 Å². The van der Waals surface area contributed by atoms with Gasteiger partial charge in [0.05, 0.1) is 17.3 Å². The number of piperidine rings is 1. The highest BCUT2D eigenvalue weighted by molar-refractivity contribution is 5.87. The second-order valence-electron chi connectivity index (χ2n) is 6.95. The third-order valence-electron chi connectivity index (χ3n) is 5.04. The van der Waals surface area contributed by atoms with E-state index in [1.54, 1.807) is 6.33 Å². The average molecular weight is 321 g/mol. The highest BCUT2D eigenvalue weighted by Crippen LogP contribution is 2.28. The van der Waals surface area contributed by atoms with Crippen LogP contribution in [0.15, 0.2) is 30.7 Å². The van der Waals surface area contributed by atoms with Gasteiger partial charge in [-0.3, -0.25) is 0 Å². The van der Waals surface area contributed by atoms with E-state index in [4.69, 9.17) is 0 Å². The third-order valence-corrected chi connectivity index (χ3v) is 5.04. The van der Waals surface area contributed by atoms with Crippen molar-refractivity contribution in [3.63, 3.8) is 0 Å². The molecular formula is C19H23N5. The monoisotopic (exact) mass is 321 g/mol. The van der Waals surface area contributed by atoms with Gasteiger partial charge in [-0.15, -0.1) is 0 Å². The molecule has 3 aromatic rings. The van der Waals surface area contributed by atoms with Crippen LogP contribution >= 0.6 is 0 Å². The first kappa shape index (κ1) is 15.1. The van der Waals surface area contributed by atoms with Gasteiger partial charge in [-0.2, -0.15) is 5.10 Å². The van der Waals surface area contributed by atoms with Crippen LogP contribution in [0.25, 0.3) is 16.7 Å². The van der Waals surface area contributed by atoms with Crippen LogP contribution in [0.5, 0.6) is 0 Å². The molecule has 0 bridgehead atoms. The van der Waals surface area contributed by atoms with Gasteiger partial charge in [0.2, 0.25) is 0 Å². The molecule has 1 aliphatic heterocycles. The molecule has 1 fully saturated rings. The van der Waals surface area contributed by atoms with E-state index in [0.29, 0.717) is 5.92 Å². The number of anilines is 1. The van der Waals surface area contributed by atoms with E-state index in [-0.39, 0.29) is 0 Å². The van der Waals surface area contributed by atoms with Crippen molar-refractivity contribution in [3.05, 3.63) is 41.9 Å². The summed E-state index contributed by atoms with van der Waals surface area (Å²) >= 11 is 0. The number of benzene rings is 1. The Bertz CT molecular complexity index is 883. The second kappa shape index (κ2) is 5.89. The molecule has 1 aliphatic rings. The largest absolute Gasteiger partial charge is 0.356 e. The zero-order chi connectivity index (χ0) is 16.7. The summed E-state index contributed by atoms with van der Waals surface area (Å²) < 4.78 is 1.92. The number of hydrogen-bond donors (Lipinski definition) is 0. The number of rotatable bonds is 2. The summed E-state index contributed by atoms with van der Waals surface area (Å²) in [7, 11) is 0. The zero-order valence-corrected chi connectivity index (χ0v) is 14.5. The summed E-state index contributed by atoms with van der Waals surface area (Å²) in [5, 5.41) is 5.63. The van der Waals surface area contributed by atoms with Gasteiger partial charge in [0.15, 0.2) is 5.65 Å². The molecule has 0 radical (unpaired) electrons. The summed E-state index contributed by atoms with van der Waals surface area (Å²) in [6, 6.07) is 6.39. The van der Waals surface area contributed by atoms with Crippen LogP contribution in [0.2, 0.25) is 0 Å². The maximum absolute atomic E-state index is 4.60. The summed E-state index contributed by atoms with van der Waals surface area (Å²) in [4.78, 5) is 11.5. The Balaban J connectivity index is 1.80. The van der Waals surface area contributed by atoms with Gasteiger partial charge in [0.25, 0.3) is 0 Å². The smallest absolute Gasteiger partial charge is 0.168 e. The van der Waals surface area contributed by atoms with E-state index >= 15 is 0 Å². The first-order valence-electron chi connectivity index (χ1n) is 8.65. The SMILES string of the molecule is Cc1ccc(-n2ncc3c(N4CCC[C@H](C)C4)ncnc32)cc1C. The molecule has 24 heavy (non-hydrogen) atoms. The minimum Gasteiger partial charge on any atom is -0.356 e. The first-order valence-corrected chi connectivity index (χ1v) is 8.65. The Morgan fingerprint density at radius 3 is 2.79 bits per heavy atom. The quantitative estimate of drug-likeness (QED) is 0.722. The lowest BCUT2D eigenvalue weighted by molar-refractivity contribution is 0.445. The lowest BCUT2D eigenvalue weighted by Gasteiger charge is -2.31. The third kappa shape index (κ3) is 2.54. The van der Waals surface area contributed by atoms with Gasteiger partial charge >= 0.3 is 0 Å². The number of aromatic nitrogens is 4. The zero-order valence-electron chi connectivity index (χ0n) is 14.5. The van der Waals surface area contributed by atoms with Crippen molar-refractivity contribution < 1.29 is 0 Å². The van der Waals surface area contributed by atoms with Gasteiger partial charge in [0.1, 0.15) is 12.1 Å². The van der Waals surface area contributed by atoms with Crippen molar-refractivity contribution in [3.8, 4) is 5.69 Å². The predicted octanol–water partition coefficient (Wildman–Crippen LogP) is 3.67. The molecule has 1 aromatic carbocycles. The molecule has 5 heteroatoms. The van der Waals surface area contributed by atoms with Gasteiger partial charge in [-0.05, 0) is 55.9 Å². The van der Waals surface area contributed by atoms with Crippen molar-refractivity contribution in [2.24, 2.45) is 5.92 Å². The summed E-state index contributed by atoms with van der Waals surface area (Å²) in [5.41, 5.74) is 4.47. The second-order valence-corrected chi connectivity index (χ2v) is 6.95. The fourth-order valence-electron chi connectivity index (χ4n) is 3.51. The fourth-order valence-corrected chi connectivity index (χ4v) is 3.51. The van der Waals surface area contributed by atoms with E-state index in [0.717, 1.165) is 35.6 Å². The van der Waals surface area contributed by atoms with Crippen molar-refractivity contribution in [2.75, 3.05) is 18.0 Å². The van der Waals surface area contributed by atoms with Crippen LogP contribution in [0.4, 0.5) is 5.82 Å². The van der Waals surface area contributed by atoms with Gasteiger partial charge in [-0.1, -0.05) is 13.0 Å². The molecule has 1 saturated heterocycles. The van der Waals surface area contributed by atoms with E-state index in [2.05, 4.69) is 58.9 Å². The Labute approximate surface area is 142 Å². The maximum Gasteiger partial charge on any atom is 0.168 e. The van der Waals surface area contributed by atoms with Gasteiger partial charge in [-0.25, -0.2) is 14.6 Å². The summed E-state index contributed by atoms with van der Waals surface area (Å²) in [5.74, 6) is 1.72. The molecular weight excluding hydrogens is 298 g/mol. The molecule has 3 heterocycles. The summed E-state index contributed by atoms with van der Waals surface area (Å²) in [6.45, 7) is 8.67. The van der Waals surface area contributed by atoms with Crippen molar-refractivity contribution in [2.45, 2.75) is 33.6 Å². The van der Waals surface area contributed by atoms with Crippen molar-refractivity contribution >= 4 is 16.9 Å². The Hall–Kier alpha value is -2.43. The number of fused-ring (bicyclic) bond motifs is 1. The lowest BCUT2D eigenvalue weighted by atomic mass is 10.0. The molecule has 4 rings (SSSR count). The molecule has 0 saturated carbocycles. The van der Waals surface area contributed by atoms with E-state index in [9.17, 15) is 0 Å². The molecule has 1 atom stereocenters. The van der Waals surface area contributed by atoms with Crippen molar-refractivity contribution in [1.29, 1.82) is 0 Å². The molecule has 0 aliphatic carbocycles. The standard InChI is InChI=1S/C19H23N5/c1-13-5-4-8-23(11-13)18-17-10-22-24(19(17)21-12-20-18)16-7-6-14(2)15(3)9-16/h6-7,9-10,12-13H,4-5,8,11H2,1-3H3/t13-/m0/s1. The predicted molar refractivity (Wildman–Crippen MR) is 96.7 cm³/mol. The highest BCUT2D eigenvalue weighted by atomic mass is 15.3. The Morgan fingerprint density at radius 1 is 1.12 bits per heavy atom. The molecule has 0 unspecified atom stereocenters. The van der Waals surface area contributed by atoms with Crippen LogP contribution in [-0.4, -0.2) is 32.8 Å². The topological polar surface area (TPSA) is 46.8 Å². The number of hydrogen-bond acceptors (Lipinski definition) is 4. The summed E-state index contributed by atoms with van der Waals surface area (Å²) in [6.07, 6.45) is 6.08. The number of aryl methyl sites for hydroxylation is 2. The molecule has 0 spiro atoms. The number of nitrogens with zero attached hydrogens (tertiary/aromatic N) is 5. The van der Waals surface area contributed by atoms with Crippen LogP contribution in [-0.2, 0) is 0 Å². The highest BCUT2D eigenvalue weighted by Gasteiger charge is 2.21. The Morgan fingerprint density at radius 2 is 2.00 bits per heavy atom. The van der Waals surface area contributed by atoms with Crippen LogP contribution in [0.3, 0.4) is 0 Å². The minimum atomic E-state index is 0.707. The molecule has 0 amide bonds. The fraction of sp³-hybridized carbons (Fsp3) is 0.421.